The Kier molecular flexibility index (Phi) is 5.75. The number of carboxylic acids is 1. The molecule has 0 unspecified atom stereocenters. The molecule has 0 saturated carbocycles. The minimum absolute atomic E-state index is 0.514. The average Bonchev–Trinajstić information content (AvgIpc) is 3.08. The number of rotatable bonds is 5. The van der Waals surface area contributed by atoms with Crippen molar-refractivity contribution in [2.75, 3.05) is 7.11 Å². The molecular weight excluding hydrogens is 412 g/mol. The lowest BCUT2D eigenvalue weighted by Crippen LogP contribution is -2.28. The number of thiophene rings is 1. The molecule has 0 saturated heterocycles. The highest BCUT2D eigenvalue weighted by Crippen LogP contribution is 2.45. The number of pyridine rings is 2. The van der Waals surface area contributed by atoms with Crippen molar-refractivity contribution in [2.24, 2.45) is 0 Å². The molecule has 7 heteroatoms. The van der Waals surface area contributed by atoms with Crippen LogP contribution < -0.4 is 4.74 Å². The van der Waals surface area contributed by atoms with Gasteiger partial charge in [0.05, 0.1) is 12.7 Å². The minimum atomic E-state index is -1.13. The summed E-state index contributed by atoms with van der Waals surface area (Å²) in [5.74, 6) is -0.508. The van der Waals surface area contributed by atoms with E-state index in [4.69, 9.17) is 14.5 Å². The molecule has 31 heavy (non-hydrogen) atoms. The van der Waals surface area contributed by atoms with E-state index >= 15 is 0 Å². The molecule has 0 aliphatic heterocycles. The van der Waals surface area contributed by atoms with Gasteiger partial charge in [-0.25, -0.2) is 14.8 Å². The molecule has 1 aliphatic rings. The minimum Gasteiger partial charge on any atom is -0.481 e. The van der Waals surface area contributed by atoms with Crippen molar-refractivity contribution in [1.82, 2.24) is 9.97 Å². The van der Waals surface area contributed by atoms with Crippen LogP contribution in [0.15, 0.2) is 18.3 Å². The van der Waals surface area contributed by atoms with Crippen LogP contribution in [0.5, 0.6) is 5.88 Å². The zero-order valence-corrected chi connectivity index (χ0v) is 19.4. The molecule has 164 valence electrons. The van der Waals surface area contributed by atoms with Crippen molar-refractivity contribution in [3.63, 3.8) is 0 Å². The van der Waals surface area contributed by atoms with Crippen LogP contribution in [0.1, 0.15) is 61.4 Å². The summed E-state index contributed by atoms with van der Waals surface area (Å²) in [7, 11) is 1.58. The summed E-state index contributed by atoms with van der Waals surface area (Å²) in [6.45, 7) is 7.47. The van der Waals surface area contributed by atoms with E-state index in [1.165, 1.54) is 16.9 Å². The number of fused-ring (bicyclic) bond motifs is 3. The van der Waals surface area contributed by atoms with Crippen molar-refractivity contribution in [3.8, 4) is 17.0 Å². The largest absolute Gasteiger partial charge is 0.481 e. The standard InChI is InChI=1S/C24H28N2O4S/c1-13-18(21(23(27)28)30-24(2,3)4)19(14-10-11-17(29-5)25-12-14)20-15-8-6-7-9-16(15)31-22(20)26-13/h10-12,21H,6-9H2,1-5H3,(H,27,28)/t21-/m0/s1. The van der Waals surface area contributed by atoms with Crippen molar-refractivity contribution in [2.45, 2.75) is 65.1 Å². The Hall–Kier alpha value is -2.51. The molecule has 0 spiro atoms. The van der Waals surface area contributed by atoms with Gasteiger partial charge in [0.15, 0.2) is 6.10 Å². The molecule has 4 rings (SSSR count). The lowest BCUT2D eigenvalue weighted by molar-refractivity contribution is -0.160. The molecule has 3 aromatic rings. The fourth-order valence-corrected chi connectivity index (χ4v) is 5.59. The molecule has 0 amide bonds. The summed E-state index contributed by atoms with van der Waals surface area (Å²) in [6.07, 6.45) is 4.95. The molecule has 1 aliphatic carbocycles. The second-order valence-electron chi connectivity index (χ2n) is 8.91. The number of nitrogens with zero attached hydrogens (tertiary/aromatic N) is 2. The SMILES string of the molecule is COc1ccc(-c2c([C@H](OC(C)(C)C)C(=O)O)c(C)nc3sc4c(c23)CCCC4)cn1. The van der Waals surface area contributed by atoms with Gasteiger partial charge < -0.3 is 14.6 Å². The first-order valence-electron chi connectivity index (χ1n) is 10.6. The number of carboxylic acid groups (broad SMARTS) is 1. The smallest absolute Gasteiger partial charge is 0.337 e. The molecule has 0 bridgehead atoms. The van der Waals surface area contributed by atoms with E-state index in [9.17, 15) is 9.90 Å². The van der Waals surface area contributed by atoms with Crippen molar-refractivity contribution in [1.29, 1.82) is 0 Å². The van der Waals surface area contributed by atoms with E-state index in [0.717, 1.165) is 40.6 Å². The summed E-state index contributed by atoms with van der Waals surface area (Å²) in [5, 5.41) is 11.2. The van der Waals surface area contributed by atoms with Gasteiger partial charge in [-0.1, -0.05) is 0 Å². The first kappa shape index (κ1) is 21.7. The summed E-state index contributed by atoms with van der Waals surface area (Å²) in [4.78, 5) is 24.0. The second kappa shape index (κ2) is 8.20. The van der Waals surface area contributed by atoms with E-state index in [-0.39, 0.29) is 0 Å². The summed E-state index contributed by atoms with van der Waals surface area (Å²) >= 11 is 1.73. The van der Waals surface area contributed by atoms with Crippen LogP contribution in [-0.2, 0) is 22.4 Å². The van der Waals surface area contributed by atoms with E-state index in [0.29, 0.717) is 17.1 Å². The normalized spacial score (nSPS) is 15.0. The highest BCUT2D eigenvalue weighted by molar-refractivity contribution is 7.19. The fourth-order valence-electron chi connectivity index (χ4n) is 4.27. The summed E-state index contributed by atoms with van der Waals surface area (Å²) in [5.41, 5.74) is 3.66. The van der Waals surface area contributed by atoms with Gasteiger partial charge in [0.25, 0.3) is 0 Å². The summed E-state index contributed by atoms with van der Waals surface area (Å²) < 4.78 is 11.3. The summed E-state index contributed by atoms with van der Waals surface area (Å²) in [6, 6.07) is 3.74. The van der Waals surface area contributed by atoms with Crippen LogP contribution in [0.4, 0.5) is 0 Å². The Morgan fingerprint density at radius 3 is 2.58 bits per heavy atom. The fraction of sp³-hybridized carbons (Fsp3) is 0.458. The van der Waals surface area contributed by atoms with Gasteiger partial charge in [0.2, 0.25) is 5.88 Å². The molecule has 6 nitrogen and oxygen atoms in total. The molecule has 3 aromatic heterocycles. The lowest BCUT2D eigenvalue weighted by atomic mass is 9.88. The van der Waals surface area contributed by atoms with E-state index in [1.54, 1.807) is 30.7 Å². The zero-order chi connectivity index (χ0) is 22.3. The lowest BCUT2D eigenvalue weighted by Gasteiger charge is -2.28. The van der Waals surface area contributed by atoms with Crippen LogP contribution in [0.3, 0.4) is 0 Å². The third-order valence-electron chi connectivity index (χ3n) is 5.52. The zero-order valence-electron chi connectivity index (χ0n) is 18.6. The Morgan fingerprint density at radius 1 is 1.23 bits per heavy atom. The average molecular weight is 441 g/mol. The van der Waals surface area contributed by atoms with Crippen LogP contribution >= 0.6 is 11.3 Å². The molecule has 1 atom stereocenters. The van der Waals surface area contributed by atoms with Gasteiger partial charge in [0, 0.05) is 44.9 Å². The number of ether oxygens (including phenoxy) is 2. The van der Waals surface area contributed by atoms with E-state index in [1.807, 2.05) is 33.8 Å². The predicted octanol–water partition coefficient (Wildman–Crippen LogP) is 5.49. The van der Waals surface area contributed by atoms with Gasteiger partial charge in [-0.2, -0.15) is 0 Å². The Bertz CT molecular complexity index is 1130. The molecule has 0 fully saturated rings. The van der Waals surface area contributed by atoms with Crippen molar-refractivity contribution < 1.29 is 19.4 Å². The number of carbonyl (C=O) groups is 1. The number of aromatic nitrogens is 2. The maximum absolute atomic E-state index is 12.4. The Balaban J connectivity index is 2.06. The molecular formula is C24H28N2O4S. The van der Waals surface area contributed by atoms with Crippen LogP contribution in [0, 0.1) is 6.92 Å². The highest BCUT2D eigenvalue weighted by Gasteiger charge is 2.34. The number of aryl methyl sites for hydroxylation is 3. The van der Waals surface area contributed by atoms with Gasteiger partial charge in [0.1, 0.15) is 4.83 Å². The maximum Gasteiger partial charge on any atom is 0.337 e. The third kappa shape index (κ3) is 4.16. The Morgan fingerprint density at radius 2 is 1.97 bits per heavy atom. The predicted molar refractivity (Wildman–Crippen MR) is 122 cm³/mol. The number of hydrogen-bond donors (Lipinski definition) is 1. The number of hydrogen-bond acceptors (Lipinski definition) is 6. The van der Waals surface area contributed by atoms with Gasteiger partial charge in [-0.15, -0.1) is 11.3 Å². The maximum atomic E-state index is 12.4. The Labute approximate surface area is 186 Å². The number of aliphatic carboxylic acids is 1. The van der Waals surface area contributed by atoms with Crippen LogP contribution in [0.2, 0.25) is 0 Å². The molecule has 3 heterocycles. The number of methoxy groups -OCH3 is 1. The van der Waals surface area contributed by atoms with Gasteiger partial charge in [-0.3, -0.25) is 0 Å². The topological polar surface area (TPSA) is 81.5 Å². The van der Waals surface area contributed by atoms with Crippen LogP contribution in [0.25, 0.3) is 21.3 Å². The third-order valence-corrected chi connectivity index (χ3v) is 6.71. The quantitative estimate of drug-likeness (QED) is 0.565. The monoisotopic (exact) mass is 440 g/mol. The van der Waals surface area contributed by atoms with Gasteiger partial charge >= 0.3 is 5.97 Å². The molecule has 1 N–H and O–H groups in total. The van der Waals surface area contributed by atoms with E-state index < -0.39 is 17.7 Å². The second-order valence-corrected chi connectivity index (χ2v) is 10.00. The molecule has 0 radical (unpaired) electrons. The van der Waals surface area contributed by atoms with E-state index in [2.05, 4.69) is 4.98 Å². The van der Waals surface area contributed by atoms with Crippen LogP contribution in [-0.4, -0.2) is 33.8 Å². The first-order chi connectivity index (χ1) is 14.7. The molecule has 0 aromatic carbocycles. The van der Waals surface area contributed by atoms with Crippen molar-refractivity contribution >= 4 is 27.5 Å². The highest BCUT2D eigenvalue weighted by atomic mass is 32.1. The van der Waals surface area contributed by atoms with Gasteiger partial charge in [-0.05, 0) is 65.0 Å². The first-order valence-corrected chi connectivity index (χ1v) is 11.4. The van der Waals surface area contributed by atoms with Crippen molar-refractivity contribution in [3.05, 3.63) is 40.0 Å².